The third kappa shape index (κ3) is 9.00. The maximum atomic E-state index is 13.7. The second-order valence-corrected chi connectivity index (χ2v) is 9.61. The third-order valence-electron chi connectivity index (χ3n) is 6.52. The molecular formula is C30H38F5N9O. The number of rotatable bonds is 14. The number of benzene rings is 1. The fraction of sp³-hybridized carbons (Fsp3) is 0.400. The van der Waals surface area contributed by atoms with E-state index in [-0.39, 0.29) is 28.6 Å². The standard InChI is InChI=1S/C28H32F5N9O.C2H6/c1-3-18-13-19(5-6-20(18)17(2)35-9-4-10-36-24(43)7-8-34)39-26-27-38-14-22(42(27)12-11-37-26)21-15-41(16-23(29)30)40-25(21)28(31,32)33;1-2/h5-6,11-15,23,35H,2-4,7-10,16,34H2,1H3,(H,36,43)(H,37,39);1-2H3. The molecule has 0 aliphatic rings. The number of hydrogen-bond donors (Lipinski definition) is 4. The molecule has 3 heterocycles. The molecule has 4 aromatic rings. The summed E-state index contributed by atoms with van der Waals surface area (Å²) in [7, 11) is 0. The van der Waals surface area contributed by atoms with Crippen LogP contribution < -0.4 is 21.7 Å². The van der Waals surface area contributed by atoms with Crippen molar-refractivity contribution in [3.05, 3.63) is 66.4 Å². The van der Waals surface area contributed by atoms with Crippen molar-refractivity contribution >= 4 is 28.8 Å². The Morgan fingerprint density at radius 3 is 2.53 bits per heavy atom. The van der Waals surface area contributed by atoms with Crippen LogP contribution in [0, 0.1) is 0 Å². The Kier molecular flexibility index (Phi) is 12.4. The molecule has 0 fully saturated rings. The Bertz CT molecular complexity index is 1580. The van der Waals surface area contributed by atoms with Gasteiger partial charge >= 0.3 is 6.18 Å². The van der Waals surface area contributed by atoms with Crippen LogP contribution in [0.1, 0.15) is 50.4 Å². The normalized spacial score (nSPS) is 11.3. The number of amides is 1. The van der Waals surface area contributed by atoms with Crippen molar-refractivity contribution in [1.82, 2.24) is 34.8 Å². The second-order valence-electron chi connectivity index (χ2n) is 9.61. The number of carbonyl (C=O) groups is 1. The molecule has 0 aliphatic carbocycles. The van der Waals surface area contributed by atoms with E-state index in [1.54, 1.807) is 0 Å². The van der Waals surface area contributed by atoms with Gasteiger partial charge in [-0.05, 0) is 30.5 Å². The first-order chi connectivity index (χ1) is 21.5. The molecule has 45 heavy (non-hydrogen) atoms. The molecule has 4 rings (SSSR count). The average molecular weight is 636 g/mol. The average Bonchev–Trinajstić information content (AvgIpc) is 3.62. The summed E-state index contributed by atoms with van der Waals surface area (Å²) in [5.74, 6) is 0.201. The van der Waals surface area contributed by atoms with E-state index in [1.807, 2.05) is 39.0 Å². The van der Waals surface area contributed by atoms with Crippen LogP contribution in [0.25, 0.3) is 22.6 Å². The molecule has 10 nitrogen and oxygen atoms in total. The quantitative estimate of drug-likeness (QED) is 0.105. The molecule has 15 heteroatoms. The van der Waals surface area contributed by atoms with E-state index in [9.17, 15) is 26.7 Å². The maximum Gasteiger partial charge on any atom is 0.435 e. The SMILES string of the molecule is C=C(NCCCNC(=O)CCN)c1ccc(Nc2nccn3c(-c4cn(CC(F)F)nc4C(F)(F)F)cnc23)cc1CC.CC. The smallest absolute Gasteiger partial charge is 0.385 e. The van der Waals surface area contributed by atoms with Gasteiger partial charge in [-0.25, -0.2) is 18.7 Å². The zero-order valence-corrected chi connectivity index (χ0v) is 25.4. The van der Waals surface area contributed by atoms with Crippen LogP contribution in [0.3, 0.4) is 0 Å². The molecule has 0 radical (unpaired) electrons. The highest BCUT2D eigenvalue weighted by atomic mass is 19.4. The van der Waals surface area contributed by atoms with E-state index in [4.69, 9.17) is 5.73 Å². The lowest BCUT2D eigenvalue weighted by Crippen LogP contribution is -2.28. The van der Waals surface area contributed by atoms with E-state index >= 15 is 0 Å². The van der Waals surface area contributed by atoms with E-state index in [2.05, 4.69) is 37.6 Å². The first-order valence-corrected chi connectivity index (χ1v) is 14.6. The van der Waals surface area contributed by atoms with Crippen molar-refractivity contribution in [2.75, 3.05) is 25.0 Å². The van der Waals surface area contributed by atoms with Crippen molar-refractivity contribution < 1.29 is 26.7 Å². The Morgan fingerprint density at radius 1 is 1.13 bits per heavy atom. The summed E-state index contributed by atoms with van der Waals surface area (Å²) in [6.07, 6.45) is -1.05. The zero-order valence-electron chi connectivity index (χ0n) is 25.4. The second kappa shape index (κ2) is 16.0. The lowest BCUT2D eigenvalue weighted by molar-refractivity contribution is -0.141. The van der Waals surface area contributed by atoms with Crippen molar-refractivity contribution in [3.63, 3.8) is 0 Å². The number of anilines is 2. The van der Waals surface area contributed by atoms with Gasteiger partial charge < -0.3 is 21.7 Å². The topological polar surface area (TPSA) is 127 Å². The molecule has 1 amide bonds. The van der Waals surface area contributed by atoms with Crippen LogP contribution in [-0.2, 0) is 23.9 Å². The Morgan fingerprint density at radius 2 is 1.87 bits per heavy atom. The van der Waals surface area contributed by atoms with E-state index in [1.165, 1.54) is 23.0 Å². The number of fused-ring (bicyclic) bond motifs is 1. The monoisotopic (exact) mass is 635 g/mol. The Labute approximate surface area is 257 Å². The van der Waals surface area contributed by atoms with Crippen LogP contribution in [0.15, 0.2) is 49.6 Å². The fourth-order valence-corrected chi connectivity index (χ4v) is 4.53. The first-order valence-electron chi connectivity index (χ1n) is 14.6. The summed E-state index contributed by atoms with van der Waals surface area (Å²) in [6, 6.07) is 5.63. The summed E-state index contributed by atoms with van der Waals surface area (Å²) < 4.78 is 68.9. The fourth-order valence-electron chi connectivity index (χ4n) is 4.53. The Balaban J connectivity index is 0.00000271. The summed E-state index contributed by atoms with van der Waals surface area (Å²) >= 11 is 0. The number of nitrogens with two attached hydrogens (primary N) is 1. The maximum absolute atomic E-state index is 13.7. The predicted octanol–water partition coefficient (Wildman–Crippen LogP) is 5.62. The van der Waals surface area contributed by atoms with Crippen molar-refractivity contribution in [2.45, 2.75) is 59.2 Å². The number of nitrogens with zero attached hydrogens (tertiary/aromatic N) is 5. The van der Waals surface area contributed by atoms with Crippen molar-refractivity contribution in [3.8, 4) is 11.3 Å². The van der Waals surface area contributed by atoms with Gasteiger partial charge in [0.15, 0.2) is 17.2 Å². The van der Waals surface area contributed by atoms with Crippen LogP contribution in [-0.4, -0.2) is 56.1 Å². The molecule has 1 aromatic carbocycles. The van der Waals surface area contributed by atoms with Gasteiger partial charge in [-0.2, -0.15) is 18.3 Å². The first kappa shape index (κ1) is 35.0. The van der Waals surface area contributed by atoms with Gasteiger partial charge in [0.25, 0.3) is 6.43 Å². The van der Waals surface area contributed by atoms with Crippen LogP contribution in [0.5, 0.6) is 0 Å². The summed E-state index contributed by atoms with van der Waals surface area (Å²) in [5.41, 5.74) is 7.26. The highest BCUT2D eigenvalue weighted by Crippen LogP contribution is 2.37. The number of halogens is 5. The lowest BCUT2D eigenvalue weighted by Gasteiger charge is -2.16. The van der Waals surface area contributed by atoms with Gasteiger partial charge in [0.05, 0.1) is 17.5 Å². The molecule has 244 valence electrons. The predicted molar refractivity (Wildman–Crippen MR) is 164 cm³/mol. The molecule has 5 N–H and O–H groups in total. The van der Waals surface area contributed by atoms with Gasteiger partial charge in [0.1, 0.15) is 6.54 Å². The van der Waals surface area contributed by atoms with Crippen molar-refractivity contribution in [2.24, 2.45) is 5.73 Å². The van der Waals surface area contributed by atoms with Crippen LogP contribution in [0.2, 0.25) is 0 Å². The van der Waals surface area contributed by atoms with Crippen LogP contribution >= 0.6 is 0 Å². The van der Waals surface area contributed by atoms with Crippen LogP contribution in [0.4, 0.5) is 33.5 Å². The molecule has 0 saturated carbocycles. The van der Waals surface area contributed by atoms with Crippen molar-refractivity contribution in [1.29, 1.82) is 0 Å². The van der Waals surface area contributed by atoms with Gasteiger partial charge in [-0.1, -0.05) is 33.4 Å². The minimum atomic E-state index is -4.86. The summed E-state index contributed by atoms with van der Waals surface area (Å²) in [4.78, 5) is 20.1. The number of hydrogen-bond acceptors (Lipinski definition) is 7. The van der Waals surface area contributed by atoms with Gasteiger partial charge in [-0.15, -0.1) is 0 Å². The lowest BCUT2D eigenvalue weighted by atomic mass is 10.0. The molecule has 0 spiro atoms. The summed E-state index contributed by atoms with van der Waals surface area (Å²) in [6.45, 7) is 10.6. The number of aromatic nitrogens is 5. The molecule has 0 bridgehead atoms. The molecule has 0 saturated heterocycles. The minimum absolute atomic E-state index is 0.0270. The molecular weight excluding hydrogens is 597 g/mol. The number of aryl methyl sites for hydroxylation is 1. The Hall–Kier alpha value is -4.53. The molecule has 0 unspecified atom stereocenters. The summed E-state index contributed by atoms with van der Waals surface area (Å²) in [5, 5.41) is 12.6. The third-order valence-corrected chi connectivity index (χ3v) is 6.52. The molecule has 0 aliphatic heterocycles. The molecule has 0 atom stereocenters. The zero-order chi connectivity index (χ0) is 33.1. The van der Waals surface area contributed by atoms with Gasteiger partial charge in [0.2, 0.25) is 5.91 Å². The highest BCUT2D eigenvalue weighted by Gasteiger charge is 2.38. The largest absolute Gasteiger partial charge is 0.435 e. The number of nitrogens with one attached hydrogen (secondary N) is 3. The van der Waals surface area contributed by atoms with E-state index < -0.39 is 24.8 Å². The van der Waals surface area contributed by atoms with Gasteiger partial charge in [0, 0.05) is 61.6 Å². The van der Waals surface area contributed by atoms with Gasteiger partial charge in [-0.3, -0.25) is 13.9 Å². The van der Waals surface area contributed by atoms with E-state index in [0.717, 1.165) is 23.0 Å². The highest BCUT2D eigenvalue weighted by molar-refractivity contribution is 5.77. The molecule has 3 aromatic heterocycles. The number of carbonyl (C=O) groups excluding carboxylic acids is 1. The van der Waals surface area contributed by atoms with E-state index in [0.29, 0.717) is 49.3 Å². The number of imidazole rings is 1. The minimum Gasteiger partial charge on any atom is -0.385 e. The number of alkyl halides is 5.